The van der Waals surface area contributed by atoms with Gasteiger partial charge in [0.05, 0.1) is 10.8 Å². The molecule has 0 saturated heterocycles. The molecule has 88 valence electrons. The number of benzene rings is 1. The van der Waals surface area contributed by atoms with E-state index in [0.29, 0.717) is 15.6 Å². The van der Waals surface area contributed by atoms with Crippen LogP contribution in [0.4, 0.5) is 0 Å². The van der Waals surface area contributed by atoms with Gasteiger partial charge in [0.2, 0.25) is 0 Å². The first kappa shape index (κ1) is 13.7. The van der Waals surface area contributed by atoms with Gasteiger partial charge in [-0.25, -0.2) is 0 Å². The predicted molar refractivity (Wildman–Crippen MR) is 68.9 cm³/mol. The third-order valence-corrected chi connectivity index (χ3v) is 4.19. The Kier molecular flexibility index (Phi) is 4.96. The maximum atomic E-state index is 11.8. The van der Waals surface area contributed by atoms with Gasteiger partial charge in [0, 0.05) is 26.6 Å². The molecule has 0 N–H and O–H groups in total. The Bertz CT molecular complexity index is 430. The molecule has 0 amide bonds. The van der Waals surface area contributed by atoms with Crippen LogP contribution in [0.3, 0.4) is 0 Å². The molecule has 0 aliphatic rings. The third-order valence-electron chi connectivity index (χ3n) is 2.03. The van der Waals surface area contributed by atoms with E-state index in [1.54, 1.807) is 12.1 Å². The van der Waals surface area contributed by atoms with E-state index in [-0.39, 0.29) is 16.8 Å². The normalized spacial score (nSPS) is 12.8. The molecular formula is C11H12Cl2O2S. The Morgan fingerprint density at radius 3 is 2.56 bits per heavy atom. The van der Waals surface area contributed by atoms with Crippen molar-refractivity contribution >= 4 is 39.8 Å². The van der Waals surface area contributed by atoms with Crippen molar-refractivity contribution in [2.24, 2.45) is 0 Å². The van der Waals surface area contributed by atoms with Crippen LogP contribution >= 0.6 is 23.2 Å². The van der Waals surface area contributed by atoms with Crippen molar-refractivity contribution in [1.29, 1.82) is 0 Å². The van der Waals surface area contributed by atoms with Gasteiger partial charge in [-0.2, -0.15) is 0 Å². The molecule has 0 radical (unpaired) electrons. The minimum Gasteiger partial charge on any atom is -0.293 e. The second-order valence-corrected chi connectivity index (χ2v) is 6.46. The molecule has 1 aromatic rings. The molecule has 0 bridgehead atoms. The summed E-state index contributed by atoms with van der Waals surface area (Å²) in [6.45, 7) is 3.62. The van der Waals surface area contributed by atoms with Crippen LogP contribution in [0.1, 0.15) is 24.2 Å². The van der Waals surface area contributed by atoms with E-state index in [4.69, 9.17) is 23.2 Å². The van der Waals surface area contributed by atoms with Crippen molar-refractivity contribution in [3.8, 4) is 0 Å². The van der Waals surface area contributed by atoms with Crippen LogP contribution in [0, 0.1) is 0 Å². The number of Topliss-reactive ketones (excluding diaryl/α,β-unsaturated/α-hetero) is 1. The Hall–Kier alpha value is -0.380. The fourth-order valence-electron chi connectivity index (χ4n) is 1.08. The maximum Gasteiger partial charge on any atom is 0.176 e. The average molecular weight is 279 g/mol. The molecule has 0 aliphatic carbocycles. The predicted octanol–water partition coefficient (Wildman–Crippen LogP) is 3.33. The molecule has 0 saturated carbocycles. The van der Waals surface area contributed by atoms with Crippen molar-refractivity contribution in [3.05, 3.63) is 33.8 Å². The first-order valence-corrected chi connectivity index (χ1v) is 6.91. The van der Waals surface area contributed by atoms with Crippen LogP contribution in [0.5, 0.6) is 0 Å². The van der Waals surface area contributed by atoms with E-state index in [1.807, 2.05) is 13.8 Å². The highest BCUT2D eigenvalue weighted by atomic mass is 35.5. The zero-order valence-corrected chi connectivity index (χ0v) is 11.3. The molecule has 5 heteroatoms. The van der Waals surface area contributed by atoms with E-state index in [2.05, 4.69) is 0 Å². The molecule has 0 aromatic heterocycles. The summed E-state index contributed by atoms with van der Waals surface area (Å²) in [6, 6.07) is 4.68. The van der Waals surface area contributed by atoms with Crippen molar-refractivity contribution < 1.29 is 9.00 Å². The molecule has 0 spiro atoms. The molecule has 1 aromatic carbocycles. The second kappa shape index (κ2) is 5.80. The zero-order chi connectivity index (χ0) is 12.3. The average Bonchev–Trinajstić information content (AvgIpc) is 2.21. The molecular weight excluding hydrogens is 267 g/mol. The monoisotopic (exact) mass is 278 g/mol. The summed E-state index contributed by atoms with van der Waals surface area (Å²) in [5, 5.41) is 0.750. The number of carbonyl (C=O) groups is 1. The fourth-order valence-corrected chi connectivity index (χ4v) is 2.23. The first-order valence-electron chi connectivity index (χ1n) is 4.77. The zero-order valence-electron chi connectivity index (χ0n) is 9.00. The van der Waals surface area contributed by atoms with Crippen LogP contribution in [0.25, 0.3) is 0 Å². The largest absolute Gasteiger partial charge is 0.293 e. The number of carbonyl (C=O) groups excluding carboxylic acids is 1. The molecule has 0 heterocycles. The minimum absolute atomic E-state index is 0.0161. The quantitative estimate of drug-likeness (QED) is 0.792. The molecule has 2 nitrogen and oxygen atoms in total. The Balaban J connectivity index is 2.88. The number of hydrogen-bond donors (Lipinski definition) is 0. The van der Waals surface area contributed by atoms with Crippen molar-refractivity contribution in [3.63, 3.8) is 0 Å². The Morgan fingerprint density at radius 1 is 1.38 bits per heavy atom. The van der Waals surface area contributed by atoms with Crippen molar-refractivity contribution in [1.82, 2.24) is 0 Å². The van der Waals surface area contributed by atoms with Gasteiger partial charge in [-0.3, -0.25) is 9.00 Å². The maximum absolute atomic E-state index is 11.8. The molecule has 16 heavy (non-hydrogen) atoms. The highest BCUT2D eigenvalue weighted by molar-refractivity contribution is 7.86. The third kappa shape index (κ3) is 3.58. The molecule has 1 atom stereocenters. The van der Waals surface area contributed by atoms with Crippen molar-refractivity contribution in [2.75, 3.05) is 5.75 Å². The topological polar surface area (TPSA) is 34.1 Å². The van der Waals surface area contributed by atoms with Gasteiger partial charge in [-0.15, -0.1) is 0 Å². The molecule has 0 fully saturated rings. The summed E-state index contributed by atoms with van der Waals surface area (Å²) in [6.07, 6.45) is 0. The highest BCUT2D eigenvalue weighted by Crippen LogP contribution is 2.21. The second-order valence-electron chi connectivity index (χ2n) is 3.62. The Morgan fingerprint density at radius 2 is 2.00 bits per heavy atom. The Labute approximate surface area is 107 Å². The van der Waals surface area contributed by atoms with Crippen LogP contribution in [0.15, 0.2) is 18.2 Å². The van der Waals surface area contributed by atoms with Crippen LogP contribution in [-0.4, -0.2) is 21.0 Å². The van der Waals surface area contributed by atoms with Gasteiger partial charge in [0.1, 0.15) is 0 Å². The van der Waals surface area contributed by atoms with Gasteiger partial charge < -0.3 is 0 Å². The van der Waals surface area contributed by atoms with Gasteiger partial charge in [-0.1, -0.05) is 37.0 Å². The lowest BCUT2D eigenvalue weighted by Gasteiger charge is -2.06. The lowest BCUT2D eigenvalue weighted by Crippen LogP contribution is -2.17. The van der Waals surface area contributed by atoms with Gasteiger partial charge in [0.15, 0.2) is 5.78 Å². The number of hydrogen-bond acceptors (Lipinski definition) is 2. The molecule has 1 unspecified atom stereocenters. The lowest BCUT2D eigenvalue weighted by molar-refractivity contribution is 0.102. The number of rotatable bonds is 4. The number of halogens is 2. The summed E-state index contributed by atoms with van der Waals surface area (Å²) in [5.41, 5.74) is 0.336. The van der Waals surface area contributed by atoms with E-state index < -0.39 is 10.8 Å². The SMILES string of the molecule is CC(C)S(=O)CC(=O)c1cc(Cl)ccc1Cl. The van der Waals surface area contributed by atoms with Crippen LogP contribution in [-0.2, 0) is 10.8 Å². The van der Waals surface area contributed by atoms with E-state index in [0.717, 1.165) is 0 Å². The summed E-state index contributed by atoms with van der Waals surface area (Å²) >= 11 is 11.6. The van der Waals surface area contributed by atoms with Crippen molar-refractivity contribution in [2.45, 2.75) is 19.1 Å². The van der Waals surface area contributed by atoms with E-state index in [9.17, 15) is 9.00 Å². The summed E-state index contributed by atoms with van der Waals surface area (Å²) in [7, 11) is -1.17. The highest BCUT2D eigenvalue weighted by Gasteiger charge is 2.16. The summed E-state index contributed by atoms with van der Waals surface area (Å²) in [5.74, 6) is -0.253. The summed E-state index contributed by atoms with van der Waals surface area (Å²) in [4.78, 5) is 11.8. The summed E-state index contributed by atoms with van der Waals surface area (Å²) < 4.78 is 11.5. The smallest absolute Gasteiger partial charge is 0.176 e. The van der Waals surface area contributed by atoms with Crippen LogP contribution < -0.4 is 0 Å². The van der Waals surface area contributed by atoms with Gasteiger partial charge in [-0.05, 0) is 18.2 Å². The molecule has 1 rings (SSSR count). The fraction of sp³-hybridized carbons (Fsp3) is 0.364. The van der Waals surface area contributed by atoms with E-state index >= 15 is 0 Å². The minimum atomic E-state index is -1.17. The van der Waals surface area contributed by atoms with Crippen LogP contribution in [0.2, 0.25) is 10.0 Å². The van der Waals surface area contributed by atoms with Gasteiger partial charge in [0.25, 0.3) is 0 Å². The number of ketones is 1. The standard InChI is InChI=1S/C11H12Cl2O2S/c1-7(2)16(15)6-11(14)9-5-8(12)3-4-10(9)13/h3-5,7H,6H2,1-2H3. The first-order chi connectivity index (χ1) is 7.41. The lowest BCUT2D eigenvalue weighted by atomic mass is 10.1. The van der Waals surface area contributed by atoms with E-state index in [1.165, 1.54) is 6.07 Å². The van der Waals surface area contributed by atoms with Gasteiger partial charge >= 0.3 is 0 Å². The molecule has 0 aliphatic heterocycles.